The number of rotatable bonds is 6. The number of nitrogens with zero attached hydrogens (tertiary/aromatic N) is 3. The van der Waals surface area contributed by atoms with Crippen molar-refractivity contribution in [3.8, 4) is 0 Å². The number of nitro groups is 2. The molecule has 0 spiro atoms. The van der Waals surface area contributed by atoms with Gasteiger partial charge in [-0.2, -0.15) is 0 Å². The number of benzene rings is 2. The minimum absolute atomic E-state index is 0.207. The van der Waals surface area contributed by atoms with Crippen molar-refractivity contribution in [1.82, 2.24) is 0 Å². The molecule has 0 radical (unpaired) electrons. The molecule has 0 saturated carbocycles. The maximum Gasteiger partial charge on any atom is 0.299 e. The Hall–Kier alpha value is -3.00. The molecule has 2 aromatic carbocycles. The van der Waals surface area contributed by atoms with Gasteiger partial charge in [-0.3, -0.25) is 20.2 Å². The van der Waals surface area contributed by atoms with Crippen LogP contribution < -0.4 is 9.80 Å². The van der Waals surface area contributed by atoms with Gasteiger partial charge >= 0.3 is 0 Å². The molecule has 1 aliphatic rings. The third-order valence-electron chi connectivity index (χ3n) is 5.28. The molecule has 28 heavy (non-hydrogen) atoms. The number of anilines is 1. The number of nitro benzene ring substituents is 2. The summed E-state index contributed by atoms with van der Waals surface area (Å²) in [6.45, 7) is 8.36. The highest BCUT2D eigenvalue weighted by Gasteiger charge is 2.27. The van der Waals surface area contributed by atoms with Gasteiger partial charge in [-0.15, -0.1) is 0 Å². The number of quaternary nitrogens is 1. The van der Waals surface area contributed by atoms with Crippen LogP contribution in [0.1, 0.15) is 30.9 Å². The average Bonchev–Trinajstić information content (AvgIpc) is 2.68. The molecule has 0 aliphatic carbocycles. The van der Waals surface area contributed by atoms with E-state index in [4.69, 9.17) is 0 Å². The predicted molar refractivity (Wildman–Crippen MR) is 107 cm³/mol. The first-order chi connectivity index (χ1) is 13.3. The van der Waals surface area contributed by atoms with Crippen LogP contribution in [0, 0.1) is 20.2 Å². The Morgan fingerprint density at radius 3 is 2.18 bits per heavy atom. The molecule has 8 heteroatoms. The minimum Gasteiger partial charge on any atom is -0.355 e. The van der Waals surface area contributed by atoms with E-state index in [1.54, 1.807) is 0 Å². The van der Waals surface area contributed by atoms with Gasteiger partial charge < -0.3 is 9.80 Å². The van der Waals surface area contributed by atoms with Crippen molar-refractivity contribution >= 4 is 17.1 Å². The second-order valence-electron chi connectivity index (χ2n) is 7.50. The van der Waals surface area contributed by atoms with E-state index in [2.05, 4.69) is 38.1 Å². The van der Waals surface area contributed by atoms with Gasteiger partial charge in [-0.05, 0) is 17.5 Å². The third kappa shape index (κ3) is 4.45. The maximum atomic E-state index is 11.4. The number of nitrogens with one attached hydrogen (secondary N) is 1. The molecular formula is C20H25N4O4+. The van der Waals surface area contributed by atoms with E-state index in [-0.39, 0.29) is 11.4 Å². The van der Waals surface area contributed by atoms with Crippen molar-refractivity contribution in [3.05, 3.63) is 73.8 Å². The molecule has 2 aromatic rings. The van der Waals surface area contributed by atoms with E-state index >= 15 is 0 Å². The van der Waals surface area contributed by atoms with Crippen molar-refractivity contribution in [2.75, 3.05) is 31.1 Å². The molecule has 0 amide bonds. The summed E-state index contributed by atoms with van der Waals surface area (Å²) >= 11 is 0. The van der Waals surface area contributed by atoms with Crippen LogP contribution in [0.3, 0.4) is 0 Å². The molecule has 0 aromatic heterocycles. The monoisotopic (exact) mass is 385 g/mol. The molecule has 1 fully saturated rings. The van der Waals surface area contributed by atoms with Crippen molar-refractivity contribution in [1.29, 1.82) is 0 Å². The van der Waals surface area contributed by atoms with Gasteiger partial charge in [0.2, 0.25) is 0 Å². The second-order valence-corrected chi connectivity index (χ2v) is 7.50. The van der Waals surface area contributed by atoms with E-state index in [1.165, 1.54) is 28.2 Å². The Bertz CT molecular complexity index is 859. The van der Waals surface area contributed by atoms with Crippen LogP contribution in [0.4, 0.5) is 17.1 Å². The van der Waals surface area contributed by atoms with Gasteiger partial charge in [0.1, 0.15) is 12.2 Å². The molecule has 1 aliphatic heterocycles. The van der Waals surface area contributed by atoms with E-state index < -0.39 is 9.85 Å². The number of non-ortho nitro benzene ring substituents is 1. The largest absolute Gasteiger partial charge is 0.355 e. The lowest BCUT2D eigenvalue weighted by Gasteiger charge is -2.33. The zero-order valence-corrected chi connectivity index (χ0v) is 16.1. The summed E-state index contributed by atoms with van der Waals surface area (Å²) in [7, 11) is 0. The first-order valence-electron chi connectivity index (χ1n) is 9.45. The fourth-order valence-electron chi connectivity index (χ4n) is 3.59. The molecule has 1 N–H and O–H groups in total. The zero-order valence-electron chi connectivity index (χ0n) is 16.1. The second kappa shape index (κ2) is 8.35. The van der Waals surface area contributed by atoms with Gasteiger partial charge in [0.25, 0.3) is 11.4 Å². The van der Waals surface area contributed by atoms with Gasteiger partial charge in [0, 0.05) is 11.6 Å². The Kier molecular flexibility index (Phi) is 5.89. The highest BCUT2D eigenvalue weighted by molar-refractivity contribution is 5.66. The van der Waals surface area contributed by atoms with Gasteiger partial charge in [-0.1, -0.05) is 38.1 Å². The summed E-state index contributed by atoms with van der Waals surface area (Å²) in [5.74, 6) is 0.516. The SMILES string of the molecule is CC(C)c1ccc(C[NH+]2CCN(c3ccc([N+](=O)[O-])cc3[N+](=O)[O-])CC2)cc1. The lowest BCUT2D eigenvalue weighted by Crippen LogP contribution is -3.13. The molecule has 0 bridgehead atoms. The van der Waals surface area contributed by atoms with E-state index in [0.717, 1.165) is 25.7 Å². The summed E-state index contributed by atoms with van der Waals surface area (Å²) in [5, 5.41) is 22.3. The standard InChI is InChI=1S/C20H24N4O4/c1-15(2)17-5-3-16(4-6-17)14-21-9-11-22(12-10-21)19-8-7-18(23(25)26)13-20(19)24(27)28/h3-8,13,15H,9-12,14H2,1-2H3/p+1. The minimum atomic E-state index is -0.608. The zero-order chi connectivity index (χ0) is 20.3. The Labute approximate surface area is 163 Å². The van der Waals surface area contributed by atoms with Crippen LogP contribution in [-0.4, -0.2) is 36.0 Å². The summed E-state index contributed by atoms with van der Waals surface area (Å²) in [6, 6.07) is 12.6. The normalized spacial score (nSPS) is 15.0. The van der Waals surface area contributed by atoms with Crippen LogP contribution in [0.2, 0.25) is 0 Å². The van der Waals surface area contributed by atoms with Crippen LogP contribution in [0.5, 0.6) is 0 Å². The van der Waals surface area contributed by atoms with Gasteiger partial charge in [0.05, 0.1) is 42.1 Å². The van der Waals surface area contributed by atoms with Crippen LogP contribution >= 0.6 is 0 Å². The fourth-order valence-corrected chi connectivity index (χ4v) is 3.59. The molecule has 0 unspecified atom stereocenters. The Morgan fingerprint density at radius 2 is 1.64 bits per heavy atom. The smallest absolute Gasteiger partial charge is 0.299 e. The fraction of sp³-hybridized carbons (Fsp3) is 0.400. The summed E-state index contributed by atoms with van der Waals surface area (Å²) in [6.07, 6.45) is 0. The molecule has 1 heterocycles. The van der Waals surface area contributed by atoms with Gasteiger partial charge in [0.15, 0.2) is 0 Å². The van der Waals surface area contributed by atoms with Crippen molar-refractivity contribution in [2.24, 2.45) is 0 Å². The van der Waals surface area contributed by atoms with Crippen molar-refractivity contribution in [3.63, 3.8) is 0 Å². The lowest BCUT2D eigenvalue weighted by atomic mass is 10.0. The van der Waals surface area contributed by atoms with E-state index in [9.17, 15) is 20.2 Å². The van der Waals surface area contributed by atoms with E-state index in [1.807, 2.05) is 4.90 Å². The number of piperazine rings is 1. The summed E-state index contributed by atoms with van der Waals surface area (Å²) < 4.78 is 0. The molecular weight excluding hydrogens is 360 g/mol. The molecule has 8 nitrogen and oxygen atoms in total. The van der Waals surface area contributed by atoms with Gasteiger partial charge in [-0.25, -0.2) is 0 Å². The maximum absolute atomic E-state index is 11.4. The highest BCUT2D eigenvalue weighted by Crippen LogP contribution is 2.31. The first kappa shape index (κ1) is 19.8. The van der Waals surface area contributed by atoms with Crippen molar-refractivity contribution in [2.45, 2.75) is 26.3 Å². The highest BCUT2D eigenvalue weighted by atomic mass is 16.6. The molecule has 1 saturated heterocycles. The Morgan fingerprint density at radius 1 is 1.00 bits per heavy atom. The number of hydrogen-bond donors (Lipinski definition) is 1. The molecule has 148 valence electrons. The average molecular weight is 385 g/mol. The lowest BCUT2D eigenvalue weighted by molar-refractivity contribution is -0.914. The quantitative estimate of drug-likeness (QED) is 0.609. The van der Waals surface area contributed by atoms with Crippen molar-refractivity contribution < 1.29 is 14.7 Å². The Balaban J connectivity index is 1.65. The van der Waals surface area contributed by atoms with Crippen LogP contribution in [0.25, 0.3) is 0 Å². The molecule has 0 atom stereocenters. The molecule has 3 rings (SSSR count). The predicted octanol–water partition coefficient (Wildman–Crippen LogP) is 2.53. The van der Waals surface area contributed by atoms with Crippen LogP contribution in [0.15, 0.2) is 42.5 Å². The topological polar surface area (TPSA) is 94.0 Å². The third-order valence-corrected chi connectivity index (χ3v) is 5.28. The van der Waals surface area contributed by atoms with Crippen LogP contribution in [-0.2, 0) is 6.54 Å². The number of hydrogen-bond acceptors (Lipinski definition) is 5. The summed E-state index contributed by atoms with van der Waals surface area (Å²) in [4.78, 5) is 24.5. The summed E-state index contributed by atoms with van der Waals surface area (Å²) in [5.41, 5.74) is 2.60. The first-order valence-corrected chi connectivity index (χ1v) is 9.45. The van der Waals surface area contributed by atoms with E-state index in [0.29, 0.717) is 24.7 Å².